The summed E-state index contributed by atoms with van der Waals surface area (Å²) in [5, 5.41) is 0.406. The number of nitrogens with two attached hydrogens (primary N) is 1. The zero-order valence-corrected chi connectivity index (χ0v) is 9.21. The van der Waals surface area contributed by atoms with Crippen molar-refractivity contribution in [3.63, 3.8) is 0 Å². The van der Waals surface area contributed by atoms with Crippen molar-refractivity contribution in [2.45, 2.75) is 6.42 Å². The van der Waals surface area contributed by atoms with Crippen molar-refractivity contribution in [2.24, 2.45) is 0 Å². The second-order valence-electron chi connectivity index (χ2n) is 3.42. The Balaban J connectivity index is 2.38. The molecule has 16 heavy (non-hydrogen) atoms. The lowest BCUT2D eigenvalue weighted by atomic mass is 10.1. The number of aromatic nitrogens is 1. The third kappa shape index (κ3) is 2.14. The number of anilines is 1. The first-order chi connectivity index (χ1) is 7.68. The van der Waals surface area contributed by atoms with Crippen molar-refractivity contribution in [2.75, 3.05) is 5.73 Å². The SMILES string of the molecule is Nc1ncccc1Cc1c(F)cccc1Cl. The van der Waals surface area contributed by atoms with Crippen LogP contribution in [-0.4, -0.2) is 4.98 Å². The molecule has 1 aromatic heterocycles. The summed E-state index contributed by atoms with van der Waals surface area (Å²) in [4.78, 5) is 3.95. The maximum Gasteiger partial charge on any atom is 0.128 e. The monoisotopic (exact) mass is 236 g/mol. The Morgan fingerprint density at radius 1 is 1.25 bits per heavy atom. The molecule has 82 valence electrons. The summed E-state index contributed by atoms with van der Waals surface area (Å²) in [5.74, 6) is 0.0811. The van der Waals surface area contributed by atoms with E-state index in [0.717, 1.165) is 5.56 Å². The van der Waals surface area contributed by atoms with Crippen LogP contribution in [0.15, 0.2) is 36.5 Å². The zero-order chi connectivity index (χ0) is 11.5. The van der Waals surface area contributed by atoms with Gasteiger partial charge in [0.25, 0.3) is 0 Å². The molecule has 1 heterocycles. The third-order valence-corrected chi connectivity index (χ3v) is 2.71. The predicted octanol–water partition coefficient (Wildman–Crippen LogP) is 3.05. The minimum Gasteiger partial charge on any atom is -0.383 e. The molecule has 0 bridgehead atoms. The van der Waals surface area contributed by atoms with E-state index < -0.39 is 0 Å². The number of benzene rings is 1. The van der Waals surface area contributed by atoms with Gasteiger partial charge in [-0.15, -0.1) is 0 Å². The average molecular weight is 237 g/mol. The first kappa shape index (κ1) is 10.9. The molecule has 0 atom stereocenters. The molecule has 2 rings (SSSR count). The van der Waals surface area contributed by atoms with Crippen LogP contribution in [0.4, 0.5) is 10.2 Å². The lowest BCUT2D eigenvalue weighted by Gasteiger charge is -2.07. The molecule has 0 saturated heterocycles. The van der Waals surface area contributed by atoms with Crippen molar-refractivity contribution in [1.29, 1.82) is 0 Å². The van der Waals surface area contributed by atoms with Gasteiger partial charge in [0.2, 0.25) is 0 Å². The molecular formula is C12H10ClFN2. The second-order valence-corrected chi connectivity index (χ2v) is 3.83. The highest BCUT2D eigenvalue weighted by molar-refractivity contribution is 6.31. The van der Waals surface area contributed by atoms with Crippen molar-refractivity contribution in [3.05, 3.63) is 58.5 Å². The topological polar surface area (TPSA) is 38.9 Å². The van der Waals surface area contributed by atoms with Gasteiger partial charge >= 0.3 is 0 Å². The first-order valence-corrected chi connectivity index (χ1v) is 5.18. The number of rotatable bonds is 2. The van der Waals surface area contributed by atoms with Crippen LogP contribution in [0.1, 0.15) is 11.1 Å². The zero-order valence-electron chi connectivity index (χ0n) is 8.45. The Labute approximate surface area is 97.9 Å². The normalized spacial score (nSPS) is 10.4. The van der Waals surface area contributed by atoms with Crippen LogP contribution in [-0.2, 0) is 6.42 Å². The van der Waals surface area contributed by atoms with Crippen LogP contribution in [0.3, 0.4) is 0 Å². The van der Waals surface area contributed by atoms with E-state index in [1.807, 2.05) is 6.07 Å². The summed E-state index contributed by atoms with van der Waals surface area (Å²) in [7, 11) is 0. The van der Waals surface area contributed by atoms with Gasteiger partial charge in [-0.2, -0.15) is 0 Å². The molecule has 2 nitrogen and oxygen atoms in total. The van der Waals surface area contributed by atoms with Crippen molar-refractivity contribution in [3.8, 4) is 0 Å². The molecule has 0 radical (unpaired) electrons. The Morgan fingerprint density at radius 2 is 2.06 bits per heavy atom. The molecule has 0 unspecified atom stereocenters. The van der Waals surface area contributed by atoms with E-state index in [0.29, 0.717) is 22.8 Å². The van der Waals surface area contributed by atoms with Crippen molar-refractivity contribution in [1.82, 2.24) is 4.98 Å². The highest BCUT2D eigenvalue weighted by atomic mass is 35.5. The van der Waals surface area contributed by atoms with Crippen LogP contribution in [0.2, 0.25) is 5.02 Å². The Hall–Kier alpha value is -1.61. The molecule has 4 heteroatoms. The maximum atomic E-state index is 13.5. The standard InChI is InChI=1S/C12H10ClFN2/c13-10-4-1-5-11(14)9(10)7-8-3-2-6-16-12(8)15/h1-6H,7H2,(H2,15,16). The molecule has 0 aliphatic rings. The van der Waals surface area contributed by atoms with Gasteiger partial charge in [-0.1, -0.05) is 23.7 Å². The lowest BCUT2D eigenvalue weighted by molar-refractivity contribution is 0.614. The van der Waals surface area contributed by atoms with Gasteiger partial charge in [-0.3, -0.25) is 0 Å². The highest BCUT2D eigenvalue weighted by Gasteiger charge is 2.09. The van der Waals surface area contributed by atoms with E-state index in [1.54, 1.807) is 24.4 Å². The minimum atomic E-state index is -0.323. The number of halogens is 2. The molecule has 1 aromatic carbocycles. The number of hydrogen-bond donors (Lipinski definition) is 1. The highest BCUT2D eigenvalue weighted by Crippen LogP contribution is 2.23. The Bertz CT molecular complexity index is 494. The maximum absolute atomic E-state index is 13.5. The molecule has 0 fully saturated rings. The fourth-order valence-electron chi connectivity index (χ4n) is 1.49. The average Bonchev–Trinajstić information content (AvgIpc) is 2.26. The summed E-state index contributed by atoms with van der Waals surface area (Å²) >= 11 is 5.93. The van der Waals surface area contributed by atoms with E-state index >= 15 is 0 Å². The Kier molecular flexibility index (Phi) is 3.06. The van der Waals surface area contributed by atoms with Crippen LogP contribution in [0.5, 0.6) is 0 Å². The molecule has 0 spiro atoms. The molecule has 0 aliphatic heterocycles. The number of pyridine rings is 1. The number of nitrogens with zero attached hydrogens (tertiary/aromatic N) is 1. The van der Waals surface area contributed by atoms with Crippen LogP contribution >= 0.6 is 11.6 Å². The van der Waals surface area contributed by atoms with Gasteiger partial charge in [-0.05, 0) is 23.8 Å². The van der Waals surface area contributed by atoms with Gasteiger partial charge in [0.15, 0.2) is 0 Å². The van der Waals surface area contributed by atoms with E-state index in [9.17, 15) is 4.39 Å². The van der Waals surface area contributed by atoms with Crippen LogP contribution in [0.25, 0.3) is 0 Å². The lowest BCUT2D eigenvalue weighted by Crippen LogP contribution is -2.00. The Morgan fingerprint density at radius 3 is 2.75 bits per heavy atom. The minimum absolute atomic E-state index is 0.323. The van der Waals surface area contributed by atoms with Gasteiger partial charge in [0.05, 0.1) is 0 Å². The number of nitrogen functional groups attached to an aromatic ring is 1. The van der Waals surface area contributed by atoms with Gasteiger partial charge < -0.3 is 5.73 Å². The van der Waals surface area contributed by atoms with Gasteiger partial charge in [0, 0.05) is 23.2 Å². The molecule has 2 aromatic rings. The molecule has 2 N–H and O–H groups in total. The predicted molar refractivity (Wildman–Crippen MR) is 62.9 cm³/mol. The summed E-state index contributed by atoms with van der Waals surface area (Å²) < 4.78 is 13.5. The summed E-state index contributed by atoms with van der Waals surface area (Å²) in [5.41, 5.74) is 6.91. The smallest absolute Gasteiger partial charge is 0.128 e. The largest absolute Gasteiger partial charge is 0.383 e. The van der Waals surface area contributed by atoms with E-state index in [-0.39, 0.29) is 5.82 Å². The van der Waals surface area contributed by atoms with Gasteiger partial charge in [0.1, 0.15) is 11.6 Å². The van der Waals surface area contributed by atoms with E-state index in [4.69, 9.17) is 17.3 Å². The van der Waals surface area contributed by atoms with Crippen LogP contribution < -0.4 is 5.73 Å². The first-order valence-electron chi connectivity index (χ1n) is 4.80. The summed E-state index contributed by atoms with van der Waals surface area (Å²) in [6.07, 6.45) is 1.95. The number of hydrogen-bond acceptors (Lipinski definition) is 2. The van der Waals surface area contributed by atoms with Crippen LogP contribution in [0, 0.1) is 5.82 Å². The quantitative estimate of drug-likeness (QED) is 0.871. The summed E-state index contributed by atoms with van der Waals surface area (Å²) in [6.45, 7) is 0. The second kappa shape index (κ2) is 4.49. The van der Waals surface area contributed by atoms with Crippen molar-refractivity contribution >= 4 is 17.4 Å². The molecule has 0 saturated carbocycles. The molecular weight excluding hydrogens is 227 g/mol. The van der Waals surface area contributed by atoms with E-state index in [2.05, 4.69) is 4.98 Å². The molecule has 0 aliphatic carbocycles. The van der Waals surface area contributed by atoms with Gasteiger partial charge in [-0.25, -0.2) is 9.37 Å². The van der Waals surface area contributed by atoms with Crippen molar-refractivity contribution < 1.29 is 4.39 Å². The fourth-order valence-corrected chi connectivity index (χ4v) is 1.72. The van der Waals surface area contributed by atoms with E-state index in [1.165, 1.54) is 6.07 Å². The summed E-state index contributed by atoms with van der Waals surface area (Å²) in [6, 6.07) is 8.19. The fraction of sp³-hybridized carbons (Fsp3) is 0.0833. The molecule has 0 amide bonds. The third-order valence-electron chi connectivity index (χ3n) is 2.36.